The van der Waals surface area contributed by atoms with E-state index in [1.54, 1.807) is 18.3 Å². The fourth-order valence-corrected chi connectivity index (χ4v) is 5.84. The molecule has 1 N–H and O–H groups in total. The number of aromatic nitrogens is 1. The van der Waals surface area contributed by atoms with Crippen LogP contribution in [0.15, 0.2) is 41.5 Å². The average molecular weight is 445 g/mol. The number of rotatable bonds is 10. The highest BCUT2D eigenvalue weighted by Gasteiger charge is 2.29. The highest BCUT2D eigenvalue weighted by Crippen LogP contribution is 2.33. The first-order chi connectivity index (χ1) is 15.0. The molecule has 6 nitrogen and oxygen atoms in total. The molecule has 1 aromatic rings. The lowest BCUT2D eigenvalue weighted by molar-refractivity contribution is -0.125. The molecular weight excluding hydrogens is 412 g/mol. The number of Topliss-reactive ketones (excluding diaryl/α,β-unsaturated/α-hetero) is 1. The monoisotopic (exact) mass is 444 g/mol. The van der Waals surface area contributed by atoms with Crippen LogP contribution in [-0.2, 0) is 26.1 Å². The molecule has 7 heteroatoms. The summed E-state index contributed by atoms with van der Waals surface area (Å²) >= 11 is 0. The van der Waals surface area contributed by atoms with Gasteiger partial charge in [-0.2, -0.15) is 0 Å². The molecule has 0 saturated heterocycles. The molecule has 1 aromatic heterocycles. The molecule has 168 valence electrons. The number of ether oxygens (including phenoxy) is 1. The van der Waals surface area contributed by atoms with Crippen LogP contribution in [0.2, 0.25) is 0 Å². The smallest absolute Gasteiger partial charge is 0.264 e. The minimum atomic E-state index is -3.73. The first-order valence-electron chi connectivity index (χ1n) is 11.3. The Bertz CT molecular complexity index is 1010. The Labute approximate surface area is 185 Å². The van der Waals surface area contributed by atoms with E-state index in [1.165, 1.54) is 3.97 Å². The first-order valence-corrected chi connectivity index (χ1v) is 12.7. The summed E-state index contributed by atoms with van der Waals surface area (Å²) in [6, 6.07) is 1.98. The summed E-state index contributed by atoms with van der Waals surface area (Å²) in [5.74, 6) is 0.630. The van der Waals surface area contributed by atoms with E-state index in [0.29, 0.717) is 23.8 Å². The second-order valence-electron chi connectivity index (χ2n) is 8.80. The molecule has 1 fully saturated rings. The zero-order valence-corrected chi connectivity index (χ0v) is 19.0. The van der Waals surface area contributed by atoms with Crippen LogP contribution < -0.4 is 5.32 Å². The van der Waals surface area contributed by atoms with Crippen molar-refractivity contribution in [1.82, 2.24) is 9.29 Å². The van der Waals surface area contributed by atoms with Crippen molar-refractivity contribution in [1.29, 1.82) is 0 Å². The van der Waals surface area contributed by atoms with Gasteiger partial charge in [0.15, 0.2) is 5.78 Å². The third kappa shape index (κ3) is 5.45. The molecule has 3 aliphatic carbocycles. The molecule has 3 aliphatic rings. The van der Waals surface area contributed by atoms with E-state index in [1.807, 2.05) is 19.2 Å². The Kier molecular flexibility index (Phi) is 6.94. The Morgan fingerprint density at radius 1 is 1.29 bits per heavy atom. The third-order valence-corrected chi connectivity index (χ3v) is 7.90. The van der Waals surface area contributed by atoms with Crippen molar-refractivity contribution in [3.63, 3.8) is 0 Å². The van der Waals surface area contributed by atoms with Gasteiger partial charge in [-0.25, -0.2) is 12.4 Å². The fraction of sp³-hybridized carbons (Fsp3) is 0.542. The van der Waals surface area contributed by atoms with Crippen LogP contribution in [0.4, 0.5) is 0 Å². The molecule has 1 atom stereocenters. The highest BCUT2D eigenvalue weighted by atomic mass is 32.2. The van der Waals surface area contributed by atoms with E-state index in [0.717, 1.165) is 55.4 Å². The summed E-state index contributed by atoms with van der Waals surface area (Å²) in [5, 5.41) is 3.11. The summed E-state index contributed by atoms with van der Waals surface area (Å²) < 4.78 is 34.4. The van der Waals surface area contributed by atoms with E-state index < -0.39 is 16.1 Å². The van der Waals surface area contributed by atoms with Gasteiger partial charge in [0.25, 0.3) is 10.0 Å². The summed E-state index contributed by atoms with van der Waals surface area (Å²) in [7, 11) is -1.87. The molecule has 0 spiro atoms. The Hall–Kier alpha value is -1.96. The number of carbonyl (C=O) groups is 1. The number of hydrogen-bond acceptors (Lipinski definition) is 5. The van der Waals surface area contributed by atoms with Crippen LogP contribution in [0, 0.1) is 5.92 Å². The van der Waals surface area contributed by atoms with Crippen molar-refractivity contribution in [2.75, 3.05) is 13.7 Å². The molecule has 4 rings (SSSR count). The number of allylic oxidation sites excluding steroid dienone is 4. The molecule has 0 bridgehead atoms. The minimum absolute atomic E-state index is 0.0484. The predicted molar refractivity (Wildman–Crippen MR) is 122 cm³/mol. The third-order valence-electron chi connectivity index (χ3n) is 6.12. The standard InChI is InChI=1S/C24H32N2O4S/c1-25-15-19-13-24(20-6-3-2-4-7-20)26(16-19)31(28,29)23-9-5-8-22(14-23)30-17-21(27)12-18-10-11-18/h5-6,8-9,13,16,18,22,25H,2-4,7,10-12,14-15,17H2,1H3. The molecule has 1 saturated carbocycles. The second kappa shape index (κ2) is 9.67. The van der Waals surface area contributed by atoms with Crippen molar-refractivity contribution in [3.05, 3.63) is 52.7 Å². The van der Waals surface area contributed by atoms with E-state index in [2.05, 4.69) is 11.4 Å². The minimum Gasteiger partial charge on any atom is -0.366 e. The van der Waals surface area contributed by atoms with Crippen molar-refractivity contribution in [2.24, 2.45) is 5.92 Å². The molecule has 0 aromatic carbocycles. The summed E-state index contributed by atoms with van der Waals surface area (Å²) in [5.41, 5.74) is 2.80. The van der Waals surface area contributed by atoms with Gasteiger partial charge in [-0.1, -0.05) is 18.2 Å². The Morgan fingerprint density at radius 3 is 2.84 bits per heavy atom. The number of ketones is 1. The maximum absolute atomic E-state index is 13.6. The maximum Gasteiger partial charge on any atom is 0.264 e. The first kappa shape index (κ1) is 22.2. The van der Waals surface area contributed by atoms with Crippen LogP contribution in [0.5, 0.6) is 0 Å². The van der Waals surface area contributed by atoms with Gasteiger partial charge in [0.1, 0.15) is 6.61 Å². The number of nitrogens with one attached hydrogen (secondary N) is 1. The van der Waals surface area contributed by atoms with Crippen molar-refractivity contribution in [3.8, 4) is 0 Å². The van der Waals surface area contributed by atoms with Crippen LogP contribution >= 0.6 is 0 Å². The molecule has 0 radical (unpaired) electrons. The van der Waals surface area contributed by atoms with Crippen LogP contribution in [0.25, 0.3) is 5.57 Å². The largest absolute Gasteiger partial charge is 0.366 e. The normalized spacial score (nSPS) is 21.6. The molecule has 31 heavy (non-hydrogen) atoms. The number of nitrogens with zero attached hydrogens (tertiary/aromatic N) is 1. The van der Waals surface area contributed by atoms with E-state index in [9.17, 15) is 13.2 Å². The van der Waals surface area contributed by atoms with Gasteiger partial charge >= 0.3 is 0 Å². The van der Waals surface area contributed by atoms with Gasteiger partial charge in [-0.3, -0.25) is 4.79 Å². The van der Waals surface area contributed by atoms with Gasteiger partial charge in [-0.15, -0.1) is 0 Å². The van der Waals surface area contributed by atoms with E-state index in [-0.39, 0.29) is 18.8 Å². The Morgan fingerprint density at radius 2 is 2.13 bits per heavy atom. The number of carbonyl (C=O) groups excluding carboxylic acids is 1. The fourth-order valence-electron chi connectivity index (χ4n) is 4.26. The SMILES string of the molecule is CNCc1cc(C2=CCCCC2)n(S(=O)(=O)C2=CC=CC(OCC(=O)CC3CC3)C2)c1. The lowest BCUT2D eigenvalue weighted by Gasteiger charge is -2.21. The van der Waals surface area contributed by atoms with Gasteiger partial charge in [-0.05, 0) is 74.8 Å². The highest BCUT2D eigenvalue weighted by molar-refractivity contribution is 7.93. The molecule has 1 heterocycles. The van der Waals surface area contributed by atoms with Crippen LogP contribution in [-0.4, -0.2) is 37.9 Å². The van der Waals surface area contributed by atoms with E-state index >= 15 is 0 Å². The lowest BCUT2D eigenvalue weighted by atomic mass is 9.97. The van der Waals surface area contributed by atoms with Crippen molar-refractivity contribution in [2.45, 2.75) is 64.0 Å². The topological polar surface area (TPSA) is 77.4 Å². The zero-order chi connectivity index (χ0) is 21.8. The van der Waals surface area contributed by atoms with Crippen LogP contribution in [0.1, 0.15) is 62.6 Å². The van der Waals surface area contributed by atoms with Gasteiger partial charge in [0.05, 0.1) is 16.7 Å². The maximum atomic E-state index is 13.6. The van der Waals surface area contributed by atoms with Crippen molar-refractivity contribution < 1.29 is 17.9 Å². The molecule has 1 unspecified atom stereocenters. The Balaban J connectivity index is 1.52. The van der Waals surface area contributed by atoms with Gasteiger partial charge < -0.3 is 10.1 Å². The van der Waals surface area contributed by atoms with Gasteiger partial charge in [0, 0.05) is 25.6 Å². The average Bonchev–Trinajstić information content (AvgIpc) is 3.48. The summed E-state index contributed by atoms with van der Waals surface area (Å²) in [6.07, 6.45) is 15.9. The van der Waals surface area contributed by atoms with E-state index in [4.69, 9.17) is 4.74 Å². The molecule has 0 amide bonds. The summed E-state index contributed by atoms with van der Waals surface area (Å²) in [6.45, 7) is 0.656. The molecule has 0 aliphatic heterocycles. The predicted octanol–water partition coefficient (Wildman–Crippen LogP) is 3.94. The quantitative estimate of drug-likeness (QED) is 0.591. The lowest BCUT2D eigenvalue weighted by Crippen LogP contribution is -2.24. The van der Waals surface area contributed by atoms with Gasteiger partial charge in [0.2, 0.25) is 0 Å². The number of hydrogen-bond donors (Lipinski definition) is 1. The second-order valence-corrected chi connectivity index (χ2v) is 10.7. The van der Waals surface area contributed by atoms with Crippen LogP contribution in [0.3, 0.4) is 0 Å². The summed E-state index contributed by atoms with van der Waals surface area (Å²) in [4.78, 5) is 12.3. The van der Waals surface area contributed by atoms with Crippen molar-refractivity contribution >= 4 is 21.4 Å². The molecular formula is C24H32N2O4S. The zero-order valence-electron chi connectivity index (χ0n) is 18.2.